The fraction of sp³-hybridized carbons (Fsp3) is 0.417. The lowest BCUT2D eigenvalue weighted by molar-refractivity contribution is -0.120. The highest BCUT2D eigenvalue weighted by Gasteiger charge is 2.38. The van der Waals surface area contributed by atoms with Gasteiger partial charge in [0.2, 0.25) is 15.9 Å². The molecule has 0 radical (unpaired) electrons. The van der Waals surface area contributed by atoms with E-state index >= 15 is 0 Å². The van der Waals surface area contributed by atoms with Crippen molar-refractivity contribution in [3.8, 4) is 0 Å². The van der Waals surface area contributed by atoms with E-state index in [9.17, 15) is 13.2 Å². The molecule has 0 aliphatic carbocycles. The normalized spacial score (nSPS) is 20.3. The van der Waals surface area contributed by atoms with Crippen LogP contribution in [0.25, 0.3) is 0 Å². The smallest absolute Gasteiger partial charge is 0.245 e. The summed E-state index contributed by atoms with van der Waals surface area (Å²) in [6, 6.07) is 6.39. The molecule has 1 aromatic carbocycles. The maximum atomic E-state index is 12.3. The number of nitrogens with zero attached hydrogens (tertiary/aromatic N) is 2. The minimum atomic E-state index is -3.38. The van der Waals surface area contributed by atoms with Crippen LogP contribution in [0.15, 0.2) is 24.3 Å². The van der Waals surface area contributed by atoms with Crippen LogP contribution >= 0.6 is 11.6 Å². The van der Waals surface area contributed by atoms with Crippen LogP contribution in [0.3, 0.4) is 0 Å². The fourth-order valence-electron chi connectivity index (χ4n) is 2.14. The molecule has 0 unspecified atom stereocenters. The highest BCUT2D eigenvalue weighted by atomic mass is 35.5. The molecule has 1 saturated heterocycles. The highest BCUT2D eigenvalue weighted by Crippen LogP contribution is 2.30. The summed E-state index contributed by atoms with van der Waals surface area (Å²) in [7, 11) is -1.96. The van der Waals surface area contributed by atoms with Gasteiger partial charge in [-0.2, -0.15) is 4.31 Å². The Morgan fingerprint density at radius 3 is 2.58 bits per heavy atom. The van der Waals surface area contributed by atoms with Crippen LogP contribution in [-0.4, -0.2) is 44.5 Å². The molecule has 0 N–H and O–H groups in total. The van der Waals surface area contributed by atoms with Crippen molar-refractivity contribution in [1.82, 2.24) is 4.31 Å². The Morgan fingerprint density at radius 1 is 1.37 bits per heavy atom. The summed E-state index contributed by atoms with van der Waals surface area (Å²) in [5.41, 5.74) is 0.624. The first kappa shape index (κ1) is 14.3. The average Bonchev–Trinajstić information content (AvgIpc) is 2.69. The van der Waals surface area contributed by atoms with Gasteiger partial charge in [-0.25, -0.2) is 8.42 Å². The second kappa shape index (κ2) is 5.11. The number of anilines is 1. The predicted molar refractivity (Wildman–Crippen MR) is 74.8 cm³/mol. The first-order chi connectivity index (χ1) is 8.82. The molecule has 0 aromatic heterocycles. The lowest BCUT2D eigenvalue weighted by Gasteiger charge is -2.22. The summed E-state index contributed by atoms with van der Waals surface area (Å²) in [6.45, 7) is 0.465. The van der Waals surface area contributed by atoms with Crippen LogP contribution < -0.4 is 4.90 Å². The quantitative estimate of drug-likeness (QED) is 0.846. The van der Waals surface area contributed by atoms with E-state index in [-0.39, 0.29) is 5.91 Å². The van der Waals surface area contributed by atoms with Gasteiger partial charge >= 0.3 is 0 Å². The van der Waals surface area contributed by atoms with Crippen LogP contribution in [0.4, 0.5) is 5.69 Å². The second-order valence-electron chi connectivity index (χ2n) is 4.52. The van der Waals surface area contributed by atoms with Crippen molar-refractivity contribution in [2.45, 2.75) is 12.5 Å². The molecule has 1 aliphatic rings. The van der Waals surface area contributed by atoms with Gasteiger partial charge in [0.05, 0.1) is 17.0 Å². The van der Waals surface area contributed by atoms with E-state index in [1.165, 1.54) is 11.9 Å². The Balaban J connectivity index is 2.26. The van der Waals surface area contributed by atoms with Crippen molar-refractivity contribution in [3.05, 3.63) is 29.3 Å². The summed E-state index contributed by atoms with van der Waals surface area (Å²) < 4.78 is 24.1. The number of hydrogen-bond donors (Lipinski definition) is 0. The van der Waals surface area contributed by atoms with Crippen LogP contribution in [-0.2, 0) is 14.8 Å². The molecule has 2 rings (SSSR count). The number of benzene rings is 1. The number of halogens is 1. The minimum Gasteiger partial charge on any atom is -0.309 e. The van der Waals surface area contributed by atoms with Gasteiger partial charge in [0, 0.05) is 13.6 Å². The molecule has 104 valence electrons. The van der Waals surface area contributed by atoms with Crippen LogP contribution in [0.5, 0.6) is 0 Å². The summed E-state index contributed by atoms with van der Waals surface area (Å²) in [5, 5.41) is 0.485. The maximum absolute atomic E-state index is 12.3. The topological polar surface area (TPSA) is 57.7 Å². The standard InChI is InChI=1S/C12H15ClN2O3S/c1-14(19(2,17)18)11-7-8-15(12(11)16)10-6-4-3-5-9(10)13/h3-6,11H,7-8H2,1-2H3/t11-/m0/s1. The molecule has 7 heteroatoms. The Bertz CT molecular complexity index is 603. The lowest BCUT2D eigenvalue weighted by atomic mass is 10.2. The lowest BCUT2D eigenvalue weighted by Crippen LogP contribution is -2.42. The Labute approximate surface area is 117 Å². The predicted octanol–water partition coefficient (Wildman–Crippen LogP) is 1.34. The van der Waals surface area contributed by atoms with Crippen molar-refractivity contribution in [2.75, 3.05) is 24.7 Å². The fourth-order valence-corrected chi connectivity index (χ4v) is 3.04. The summed E-state index contributed by atoms with van der Waals surface area (Å²) in [6.07, 6.45) is 1.56. The monoisotopic (exact) mass is 302 g/mol. The van der Waals surface area contributed by atoms with Crippen molar-refractivity contribution < 1.29 is 13.2 Å². The summed E-state index contributed by atoms with van der Waals surface area (Å²) >= 11 is 6.06. The third-order valence-corrected chi connectivity index (χ3v) is 4.90. The van der Waals surface area contributed by atoms with Gasteiger partial charge in [-0.3, -0.25) is 4.79 Å². The molecule has 0 spiro atoms. The zero-order valence-corrected chi connectivity index (χ0v) is 12.3. The van der Waals surface area contributed by atoms with Crippen molar-refractivity contribution in [3.63, 3.8) is 0 Å². The molecule has 19 heavy (non-hydrogen) atoms. The van der Waals surface area contributed by atoms with Gasteiger partial charge in [-0.1, -0.05) is 23.7 Å². The van der Waals surface area contributed by atoms with E-state index in [1.807, 2.05) is 0 Å². The van der Waals surface area contributed by atoms with Crippen molar-refractivity contribution in [2.24, 2.45) is 0 Å². The molecule has 5 nitrogen and oxygen atoms in total. The zero-order chi connectivity index (χ0) is 14.2. The summed E-state index contributed by atoms with van der Waals surface area (Å²) in [5.74, 6) is -0.235. The second-order valence-corrected chi connectivity index (χ2v) is 6.97. The number of carbonyl (C=O) groups is 1. The Morgan fingerprint density at radius 2 is 2.00 bits per heavy atom. The van der Waals surface area contributed by atoms with Crippen LogP contribution in [0.2, 0.25) is 5.02 Å². The van der Waals surface area contributed by atoms with E-state index < -0.39 is 16.1 Å². The van der Waals surface area contributed by atoms with Gasteiger partial charge in [0.15, 0.2) is 0 Å². The largest absolute Gasteiger partial charge is 0.309 e. The molecule has 1 atom stereocenters. The van der Waals surface area contributed by atoms with Gasteiger partial charge in [0.1, 0.15) is 6.04 Å². The number of para-hydroxylation sites is 1. The van der Waals surface area contributed by atoms with E-state index in [1.54, 1.807) is 24.3 Å². The third kappa shape index (κ3) is 2.75. The molecule has 1 aliphatic heterocycles. The molecule has 1 heterocycles. The van der Waals surface area contributed by atoms with Gasteiger partial charge in [0.25, 0.3) is 0 Å². The van der Waals surface area contributed by atoms with E-state index in [4.69, 9.17) is 11.6 Å². The number of likely N-dealkylation sites (N-methyl/N-ethyl adjacent to an activating group) is 1. The Hall–Kier alpha value is -1.11. The third-order valence-electron chi connectivity index (χ3n) is 3.28. The molecular formula is C12H15ClN2O3S. The first-order valence-electron chi connectivity index (χ1n) is 5.81. The van der Waals surface area contributed by atoms with Crippen molar-refractivity contribution >= 4 is 33.2 Å². The molecule has 1 amide bonds. The highest BCUT2D eigenvalue weighted by molar-refractivity contribution is 7.88. The van der Waals surface area contributed by atoms with Crippen LogP contribution in [0, 0.1) is 0 Å². The minimum absolute atomic E-state index is 0.235. The van der Waals surface area contributed by atoms with Gasteiger partial charge < -0.3 is 4.90 Å². The van der Waals surface area contributed by atoms with E-state index in [2.05, 4.69) is 0 Å². The Kier molecular flexibility index (Phi) is 3.85. The first-order valence-corrected chi connectivity index (χ1v) is 8.04. The number of sulfonamides is 1. The van der Waals surface area contributed by atoms with E-state index in [0.717, 1.165) is 10.6 Å². The average molecular weight is 303 g/mol. The van der Waals surface area contributed by atoms with E-state index in [0.29, 0.717) is 23.7 Å². The zero-order valence-electron chi connectivity index (χ0n) is 10.7. The SMILES string of the molecule is CN([C@H]1CCN(c2ccccc2Cl)C1=O)S(C)(=O)=O. The van der Waals surface area contributed by atoms with Crippen molar-refractivity contribution in [1.29, 1.82) is 0 Å². The van der Waals surface area contributed by atoms with Gasteiger partial charge in [-0.15, -0.1) is 0 Å². The number of carbonyl (C=O) groups excluding carboxylic acids is 1. The van der Waals surface area contributed by atoms with Crippen LogP contribution in [0.1, 0.15) is 6.42 Å². The van der Waals surface area contributed by atoms with Gasteiger partial charge in [-0.05, 0) is 18.6 Å². The molecular weight excluding hydrogens is 288 g/mol. The summed E-state index contributed by atoms with van der Waals surface area (Å²) in [4.78, 5) is 13.8. The molecule has 1 aromatic rings. The molecule has 1 fully saturated rings. The maximum Gasteiger partial charge on any atom is 0.245 e. The number of amides is 1. The molecule has 0 saturated carbocycles. The number of hydrogen-bond acceptors (Lipinski definition) is 3. The molecule has 0 bridgehead atoms. The number of rotatable bonds is 3.